The minimum absolute atomic E-state index is 0.316. The van der Waals surface area contributed by atoms with E-state index in [1.54, 1.807) is 12.3 Å². The van der Waals surface area contributed by atoms with Gasteiger partial charge in [0.1, 0.15) is 17.8 Å². The molecule has 3 heterocycles. The van der Waals surface area contributed by atoms with Gasteiger partial charge in [-0.1, -0.05) is 6.07 Å². The minimum atomic E-state index is -0.801. The molecule has 0 atom stereocenters. The van der Waals surface area contributed by atoms with Crippen molar-refractivity contribution in [2.45, 2.75) is 13.0 Å². The second kappa shape index (κ2) is 4.51. The monoisotopic (exact) mass is 286 g/mol. The molecule has 1 aromatic carbocycles. The SMILES string of the molecule is Fc1ccc2c(c1F)CN(c1ncnc3[nH]ccc13)CC2. The number of anilines is 1. The van der Waals surface area contributed by atoms with Crippen molar-refractivity contribution in [3.8, 4) is 0 Å². The van der Waals surface area contributed by atoms with Crippen LogP contribution in [0.4, 0.5) is 14.6 Å². The second-order valence-corrected chi connectivity index (χ2v) is 5.11. The largest absolute Gasteiger partial charge is 0.351 e. The molecule has 0 unspecified atom stereocenters. The fourth-order valence-electron chi connectivity index (χ4n) is 2.85. The smallest absolute Gasteiger partial charge is 0.164 e. The van der Waals surface area contributed by atoms with E-state index in [2.05, 4.69) is 15.0 Å². The molecule has 1 aliphatic rings. The summed E-state index contributed by atoms with van der Waals surface area (Å²) in [6.45, 7) is 1.03. The first kappa shape index (κ1) is 12.3. The Hall–Kier alpha value is -2.50. The molecule has 0 amide bonds. The van der Waals surface area contributed by atoms with E-state index >= 15 is 0 Å². The first-order valence-electron chi connectivity index (χ1n) is 6.73. The van der Waals surface area contributed by atoms with Crippen molar-refractivity contribution in [3.63, 3.8) is 0 Å². The highest BCUT2D eigenvalue weighted by Crippen LogP contribution is 2.29. The van der Waals surface area contributed by atoms with Crippen molar-refractivity contribution in [2.24, 2.45) is 0 Å². The molecule has 0 aliphatic carbocycles. The van der Waals surface area contributed by atoms with Crippen LogP contribution in [0.15, 0.2) is 30.7 Å². The van der Waals surface area contributed by atoms with Crippen LogP contribution in [-0.2, 0) is 13.0 Å². The highest BCUT2D eigenvalue weighted by Gasteiger charge is 2.23. The number of hydrogen-bond donors (Lipinski definition) is 1. The predicted octanol–water partition coefficient (Wildman–Crippen LogP) is 2.80. The van der Waals surface area contributed by atoms with Gasteiger partial charge in [0.05, 0.1) is 5.39 Å². The van der Waals surface area contributed by atoms with Gasteiger partial charge >= 0.3 is 0 Å². The summed E-state index contributed by atoms with van der Waals surface area (Å²) in [4.78, 5) is 13.4. The molecule has 6 heteroatoms. The zero-order valence-corrected chi connectivity index (χ0v) is 11.1. The summed E-state index contributed by atoms with van der Waals surface area (Å²) in [5, 5.41) is 0.887. The Kier molecular flexibility index (Phi) is 2.63. The molecule has 4 rings (SSSR count). The first-order valence-corrected chi connectivity index (χ1v) is 6.73. The zero-order chi connectivity index (χ0) is 14.4. The Morgan fingerprint density at radius 2 is 2.05 bits per heavy atom. The van der Waals surface area contributed by atoms with E-state index in [4.69, 9.17) is 0 Å². The maximum absolute atomic E-state index is 14.0. The van der Waals surface area contributed by atoms with E-state index < -0.39 is 11.6 Å². The number of benzene rings is 1. The molecule has 1 aliphatic heterocycles. The summed E-state index contributed by atoms with van der Waals surface area (Å²) >= 11 is 0. The highest BCUT2D eigenvalue weighted by molar-refractivity contribution is 5.87. The maximum Gasteiger partial charge on any atom is 0.164 e. The third-order valence-electron chi connectivity index (χ3n) is 3.93. The van der Waals surface area contributed by atoms with Crippen LogP contribution in [0.3, 0.4) is 0 Å². The standard InChI is InChI=1S/C15H12F2N4/c16-12-2-1-9-4-6-21(7-11(9)13(12)17)15-10-3-5-18-14(10)19-8-20-15/h1-3,5,8H,4,6-7H2,(H,18,19,20). The van der Waals surface area contributed by atoms with Gasteiger partial charge in [-0.3, -0.25) is 0 Å². The Morgan fingerprint density at radius 1 is 1.14 bits per heavy atom. The number of rotatable bonds is 1. The van der Waals surface area contributed by atoms with Gasteiger partial charge in [0.2, 0.25) is 0 Å². The van der Waals surface area contributed by atoms with Crippen LogP contribution in [0, 0.1) is 11.6 Å². The fourth-order valence-corrected chi connectivity index (χ4v) is 2.85. The topological polar surface area (TPSA) is 44.8 Å². The third kappa shape index (κ3) is 1.86. The zero-order valence-electron chi connectivity index (χ0n) is 11.1. The molecule has 0 radical (unpaired) electrons. The molecule has 1 N–H and O–H groups in total. The Balaban J connectivity index is 1.79. The number of nitrogens with one attached hydrogen (secondary N) is 1. The summed E-state index contributed by atoms with van der Waals surface area (Å²) in [6, 6.07) is 4.75. The molecule has 0 saturated heterocycles. The molecule has 0 saturated carbocycles. The lowest BCUT2D eigenvalue weighted by atomic mass is 9.99. The minimum Gasteiger partial charge on any atom is -0.351 e. The van der Waals surface area contributed by atoms with Crippen LogP contribution in [0.25, 0.3) is 11.0 Å². The van der Waals surface area contributed by atoms with Crippen molar-refractivity contribution >= 4 is 16.9 Å². The van der Waals surface area contributed by atoms with Gasteiger partial charge < -0.3 is 9.88 Å². The average molecular weight is 286 g/mol. The molecule has 4 nitrogen and oxygen atoms in total. The highest BCUT2D eigenvalue weighted by atomic mass is 19.2. The van der Waals surface area contributed by atoms with E-state index in [9.17, 15) is 8.78 Å². The molecule has 106 valence electrons. The lowest BCUT2D eigenvalue weighted by Crippen LogP contribution is -2.32. The van der Waals surface area contributed by atoms with E-state index in [0.717, 1.165) is 29.0 Å². The van der Waals surface area contributed by atoms with E-state index in [-0.39, 0.29) is 0 Å². The Bertz CT molecular complexity index is 828. The number of hydrogen-bond acceptors (Lipinski definition) is 3. The Labute approximate surface area is 119 Å². The summed E-state index contributed by atoms with van der Waals surface area (Å²) < 4.78 is 27.4. The van der Waals surface area contributed by atoms with Crippen LogP contribution >= 0.6 is 0 Å². The molecule has 21 heavy (non-hydrogen) atoms. The van der Waals surface area contributed by atoms with Crippen LogP contribution in [0.1, 0.15) is 11.1 Å². The van der Waals surface area contributed by atoms with E-state index in [1.165, 1.54) is 12.4 Å². The fraction of sp³-hybridized carbons (Fsp3) is 0.200. The van der Waals surface area contributed by atoms with Crippen molar-refractivity contribution in [1.82, 2.24) is 15.0 Å². The normalized spacial score (nSPS) is 14.5. The number of aromatic nitrogens is 3. The molecule has 2 aromatic heterocycles. The molecule has 0 spiro atoms. The molecular formula is C15H12F2N4. The van der Waals surface area contributed by atoms with Gasteiger partial charge in [-0.2, -0.15) is 0 Å². The van der Waals surface area contributed by atoms with Crippen molar-refractivity contribution in [3.05, 3.63) is 53.5 Å². The van der Waals surface area contributed by atoms with E-state index in [0.29, 0.717) is 18.5 Å². The lowest BCUT2D eigenvalue weighted by Gasteiger charge is -2.30. The van der Waals surface area contributed by atoms with Crippen LogP contribution in [-0.4, -0.2) is 21.5 Å². The summed E-state index contributed by atoms with van der Waals surface area (Å²) in [7, 11) is 0. The van der Waals surface area contributed by atoms with Crippen molar-refractivity contribution < 1.29 is 8.78 Å². The van der Waals surface area contributed by atoms with Gasteiger partial charge in [-0.05, 0) is 24.1 Å². The number of fused-ring (bicyclic) bond motifs is 2. The molecule has 0 fully saturated rings. The van der Waals surface area contributed by atoms with Crippen LogP contribution < -0.4 is 4.90 Å². The number of halogens is 2. The second-order valence-electron chi connectivity index (χ2n) is 5.11. The van der Waals surface area contributed by atoms with Crippen LogP contribution in [0.2, 0.25) is 0 Å². The van der Waals surface area contributed by atoms with Gasteiger partial charge in [0.15, 0.2) is 11.6 Å². The van der Waals surface area contributed by atoms with Gasteiger partial charge in [0, 0.05) is 24.8 Å². The summed E-state index contributed by atoms with van der Waals surface area (Å²) in [5.74, 6) is -0.808. The summed E-state index contributed by atoms with van der Waals surface area (Å²) in [6.07, 6.45) is 3.94. The maximum atomic E-state index is 14.0. The van der Waals surface area contributed by atoms with Crippen LogP contribution in [0.5, 0.6) is 0 Å². The quantitative estimate of drug-likeness (QED) is 0.748. The lowest BCUT2D eigenvalue weighted by molar-refractivity contribution is 0.490. The van der Waals surface area contributed by atoms with Gasteiger partial charge in [0.25, 0.3) is 0 Å². The number of H-pyrrole nitrogens is 1. The molecule has 0 bridgehead atoms. The average Bonchev–Trinajstić information content (AvgIpc) is 2.99. The summed E-state index contributed by atoms with van der Waals surface area (Å²) in [5.41, 5.74) is 2.03. The first-order chi connectivity index (χ1) is 10.2. The van der Waals surface area contributed by atoms with Crippen molar-refractivity contribution in [1.29, 1.82) is 0 Å². The number of nitrogens with zero attached hydrogens (tertiary/aromatic N) is 3. The van der Waals surface area contributed by atoms with Gasteiger partial charge in [-0.15, -0.1) is 0 Å². The van der Waals surface area contributed by atoms with E-state index in [1.807, 2.05) is 11.0 Å². The Morgan fingerprint density at radius 3 is 2.95 bits per heavy atom. The number of aromatic amines is 1. The third-order valence-corrected chi connectivity index (χ3v) is 3.93. The predicted molar refractivity (Wildman–Crippen MR) is 75.0 cm³/mol. The van der Waals surface area contributed by atoms with Crippen molar-refractivity contribution in [2.75, 3.05) is 11.4 Å². The molecule has 3 aromatic rings. The van der Waals surface area contributed by atoms with Gasteiger partial charge in [-0.25, -0.2) is 18.7 Å². The molecular weight excluding hydrogens is 274 g/mol.